The SMILES string of the molecule is C=CC(=O)OC(C)Oc1ccc(C(=Cc2ccc(N(c3ccccc3)c3ccc(Cc4ccccc4)cc3)cc2)c2ccc(OC(C)OC(=O)C=C)cc2)cc1. The number of hydrogen-bond acceptors (Lipinski definition) is 7. The van der Waals surface area contributed by atoms with Crippen molar-refractivity contribution in [1.82, 2.24) is 0 Å². The van der Waals surface area contributed by atoms with Crippen molar-refractivity contribution in [2.75, 3.05) is 4.90 Å². The van der Waals surface area contributed by atoms with E-state index < -0.39 is 24.5 Å². The van der Waals surface area contributed by atoms with Gasteiger partial charge in [0, 0.05) is 43.1 Å². The fourth-order valence-electron chi connectivity index (χ4n) is 6.12. The molecule has 280 valence electrons. The van der Waals surface area contributed by atoms with Crippen LogP contribution in [0.2, 0.25) is 0 Å². The van der Waals surface area contributed by atoms with Crippen molar-refractivity contribution in [3.8, 4) is 11.5 Å². The Kier molecular flexibility index (Phi) is 12.9. The van der Waals surface area contributed by atoms with E-state index in [1.165, 1.54) is 11.1 Å². The number of carbonyl (C=O) groups excluding carboxylic acids is 2. The lowest BCUT2D eigenvalue weighted by Crippen LogP contribution is -2.19. The first-order chi connectivity index (χ1) is 27.3. The smallest absolute Gasteiger partial charge is 0.333 e. The van der Waals surface area contributed by atoms with E-state index in [9.17, 15) is 9.59 Å². The Morgan fingerprint density at radius 3 is 1.41 bits per heavy atom. The van der Waals surface area contributed by atoms with Crippen molar-refractivity contribution in [1.29, 1.82) is 0 Å². The zero-order valence-electron chi connectivity index (χ0n) is 31.4. The normalized spacial score (nSPS) is 11.6. The van der Waals surface area contributed by atoms with E-state index in [0.717, 1.165) is 57.9 Å². The van der Waals surface area contributed by atoms with E-state index in [1.807, 2.05) is 72.8 Å². The van der Waals surface area contributed by atoms with Crippen LogP contribution in [-0.2, 0) is 25.5 Å². The average Bonchev–Trinajstić information content (AvgIpc) is 3.22. The van der Waals surface area contributed by atoms with Crippen LogP contribution < -0.4 is 14.4 Å². The molecule has 0 aliphatic rings. The van der Waals surface area contributed by atoms with Gasteiger partial charge in [-0.2, -0.15) is 0 Å². The molecule has 0 aromatic heterocycles. The van der Waals surface area contributed by atoms with Crippen molar-refractivity contribution in [3.05, 3.63) is 211 Å². The highest BCUT2D eigenvalue weighted by Crippen LogP contribution is 2.36. The van der Waals surface area contributed by atoms with Crippen molar-refractivity contribution in [2.24, 2.45) is 0 Å². The number of para-hydroxylation sites is 1. The highest BCUT2D eigenvalue weighted by molar-refractivity contribution is 5.92. The molecule has 0 spiro atoms. The van der Waals surface area contributed by atoms with Crippen LogP contribution in [0.15, 0.2) is 183 Å². The molecule has 0 bridgehead atoms. The second kappa shape index (κ2) is 18.8. The number of carbonyl (C=O) groups is 2. The lowest BCUT2D eigenvalue weighted by Gasteiger charge is -2.25. The highest BCUT2D eigenvalue weighted by Gasteiger charge is 2.15. The predicted octanol–water partition coefficient (Wildman–Crippen LogP) is 11.2. The molecular formula is C49H43NO6. The zero-order valence-corrected chi connectivity index (χ0v) is 31.4. The van der Waals surface area contributed by atoms with Crippen LogP contribution in [0.1, 0.15) is 41.7 Å². The third kappa shape index (κ3) is 10.5. The Balaban J connectivity index is 1.30. The molecule has 6 aromatic rings. The van der Waals surface area contributed by atoms with Gasteiger partial charge >= 0.3 is 11.9 Å². The molecule has 0 saturated heterocycles. The molecule has 6 aromatic carbocycles. The molecule has 2 atom stereocenters. The van der Waals surface area contributed by atoms with Crippen LogP contribution in [0.4, 0.5) is 17.1 Å². The fourth-order valence-corrected chi connectivity index (χ4v) is 6.12. The molecule has 7 heteroatoms. The number of nitrogens with zero attached hydrogens (tertiary/aromatic N) is 1. The first-order valence-corrected chi connectivity index (χ1v) is 18.3. The summed E-state index contributed by atoms with van der Waals surface area (Å²) in [6.45, 7) is 10.2. The van der Waals surface area contributed by atoms with Crippen molar-refractivity contribution >= 4 is 40.6 Å². The molecule has 0 radical (unpaired) electrons. The molecule has 2 unspecified atom stereocenters. The number of hydrogen-bond donors (Lipinski definition) is 0. The Labute approximate surface area is 328 Å². The topological polar surface area (TPSA) is 74.3 Å². The van der Waals surface area contributed by atoms with E-state index >= 15 is 0 Å². The molecular weight excluding hydrogens is 699 g/mol. The van der Waals surface area contributed by atoms with Gasteiger partial charge in [0.05, 0.1) is 0 Å². The van der Waals surface area contributed by atoms with Gasteiger partial charge in [0.25, 0.3) is 0 Å². The lowest BCUT2D eigenvalue weighted by atomic mass is 9.95. The Morgan fingerprint density at radius 2 is 0.946 bits per heavy atom. The fraction of sp³-hybridized carbons (Fsp3) is 0.102. The summed E-state index contributed by atoms with van der Waals surface area (Å²) in [5, 5.41) is 0. The minimum absolute atomic E-state index is 0.544. The summed E-state index contributed by atoms with van der Waals surface area (Å²) in [7, 11) is 0. The maximum absolute atomic E-state index is 11.6. The van der Waals surface area contributed by atoms with Crippen LogP contribution >= 0.6 is 0 Å². The lowest BCUT2D eigenvalue weighted by molar-refractivity contribution is -0.156. The van der Waals surface area contributed by atoms with Gasteiger partial charge in [-0.3, -0.25) is 0 Å². The zero-order chi connectivity index (χ0) is 39.3. The summed E-state index contributed by atoms with van der Waals surface area (Å²) in [5.74, 6) is -0.0326. The van der Waals surface area contributed by atoms with E-state index in [-0.39, 0.29) is 0 Å². The highest BCUT2D eigenvalue weighted by atomic mass is 16.7. The molecule has 0 N–H and O–H groups in total. The second-order valence-electron chi connectivity index (χ2n) is 12.9. The van der Waals surface area contributed by atoms with Crippen LogP contribution in [-0.4, -0.2) is 24.5 Å². The number of benzene rings is 6. The van der Waals surface area contributed by atoms with Gasteiger partial charge in [-0.05, 0) is 107 Å². The molecule has 7 nitrogen and oxygen atoms in total. The van der Waals surface area contributed by atoms with E-state index in [1.54, 1.807) is 13.8 Å². The minimum Gasteiger partial charge on any atom is -0.455 e. The summed E-state index contributed by atoms with van der Waals surface area (Å²) in [6, 6.07) is 53.2. The summed E-state index contributed by atoms with van der Waals surface area (Å²) < 4.78 is 21.9. The molecule has 0 heterocycles. The van der Waals surface area contributed by atoms with Crippen LogP contribution in [0, 0.1) is 0 Å². The Morgan fingerprint density at radius 1 is 0.536 bits per heavy atom. The second-order valence-corrected chi connectivity index (χ2v) is 12.9. The van der Waals surface area contributed by atoms with Crippen LogP contribution in [0.25, 0.3) is 11.6 Å². The van der Waals surface area contributed by atoms with Gasteiger partial charge in [0.15, 0.2) is 0 Å². The maximum atomic E-state index is 11.6. The standard InChI is InChI=1S/C49H43NO6/c1-5-48(51)55-35(3)53-45-29-21-40(22-30-45)47(41-23-31-46(32-24-41)54-36(4)56-49(52)6-2)34-39-19-27-44(28-20-39)50(42-15-11-8-12-16-42)43-25-17-38(18-26-43)33-37-13-9-7-10-14-37/h5-32,34-36H,1-2,33H2,3-4H3. The first kappa shape index (κ1) is 38.6. The molecule has 0 fully saturated rings. The molecule has 0 amide bonds. The Bertz CT molecular complexity index is 2170. The van der Waals surface area contributed by atoms with Crippen molar-refractivity contribution in [2.45, 2.75) is 32.8 Å². The minimum atomic E-state index is -0.789. The first-order valence-electron chi connectivity index (χ1n) is 18.3. The monoisotopic (exact) mass is 741 g/mol. The number of ether oxygens (including phenoxy) is 4. The number of esters is 2. The van der Waals surface area contributed by atoms with E-state index in [4.69, 9.17) is 18.9 Å². The average molecular weight is 742 g/mol. The molecule has 0 aliphatic heterocycles. The summed E-state index contributed by atoms with van der Waals surface area (Å²) in [4.78, 5) is 25.5. The Hall–Kier alpha value is -7.12. The third-order valence-electron chi connectivity index (χ3n) is 8.75. The van der Waals surface area contributed by atoms with Crippen molar-refractivity contribution in [3.63, 3.8) is 0 Å². The van der Waals surface area contributed by atoms with Gasteiger partial charge in [-0.1, -0.05) is 110 Å². The molecule has 56 heavy (non-hydrogen) atoms. The quantitative estimate of drug-likeness (QED) is 0.0423. The summed E-state index contributed by atoms with van der Waals surface area (Å²) in [5.41, 5.74) is 9.46. The van der Waals surface area contributed by atoms with Gasteiger partial charge in [-0.25, -0.2) is 9.59 Å². The number of anilines is 3. The third-order valence-corrected chi connectivity index (χ3v) is 8.75. The van der Waals surface area contributed by atoms with Crippen LogP contribution in [0.3, 0.4) is 0 Å². The molecule has 6 rings (SSSR count). The van der Waals surface area contributed by atoms with Gasteiger partial charge in [0.1, 0.15) is 11.5 Å². The van der Waals surface area contributed by atoms with Crippen LogP contribution in [0.5, 0.6) is 11.5 Å². The summed E-state index contributed by atoms with van der Waals surface area (Å²) in [6.07, 6.45) is 3.62. The predicted molar refractivity (Wildman–Crippen MR) is 223 cm³/mol. The van der Waals surface area contributed by atoms with Gasteiger partial charge in [0.2, 0.25) is 12.6 Å². The van der Waals surface area contributed by atoms with E-state index in [0.29, 0.717) is 11.5 Å². The molecule has 0 saturated carbocycles. The summed E-state index contributed by atoms with van der Waals surface area (Å²) >= 11 is 0. The van der Waals surface area contributed by atoms with Gasteiger partial charge in [-0.15, -0.1) is 0 Å². The maximum Gasteiger partial charge on any atom is 0.333 e. The number of rotatable bonds is 16. The van der Waals surface area contributed by atoms with Crippen molar-refractivity contribution < 1.29 is 28.5 Å². The van der Waals surface area contributed by atoms with Gasteiger partial charge < -0.3 is 23.8 Å². The van der Waals surface area contributed by atoms with E-state index in [2.05, 4.69) is 109 Å². The largest absolute Gasteiger partial charge is 0.455 e. The molecule has 0 aliphatic carbocycles.